The van der Waals surface area contributed by atoms with Crippen molar-refractivity contribution in [3.05, 3.63) is 35.4 Å². The fraction of sp³-hybridized carbons (Fsp3) is 0.455. The molecular formula is C11H12F4O2. The third-order valence-electron chi connectivity index (χ3n) is 2.12. The van der Waals surface area contributed by atoms with Crippen LogP contribution < -0.4 is 0 Å². The van der Waals surface area contributed by atoms with E-state index in [2.05, 4.69) is 4.74 Å². The first kappa shape index (κ1) is 13.9. The summed E-state index contributed by atoms with van der Waals surface area (Å²) in [5.74, 6) is -2.19. The highest BCUT2D eigenvalue weighted by atomic mass is 19.3. The van der Waals surface area contributed by atoms with Gasteiger partial charge in [-0.2, -0.15) is 0 Å². The standard InChI is InChI=1S/C11H12F4O2/c12-8-3-1-2-7(11(8)15)9(16)4-5-17-6-10(13)14/h1-3,9-10,16H,4-6H2. The second-order valence-electron chi connectivity index (χ2n) is 3.41. The van der Waals surface area contributed by atoms with E-state index in [-0.39, 0.29) is 18.6 Å². The highest BCUT2D eigenvalue weighted by molar-refractivity contribution is 5.21. The van der Waals surface area contributed by atoms with Gasteiger partial charge in [-0.25, -0.2) is 17.6 Å². The lowest BCUT2D eigenvalue weighted by Crippen LogP contribution is -2.10. The first-order valence-corrected chi connectivity index (χ1v) is 5.00. The molecule has 6 heteroatoms. The molecule has 0 bridgehead atoms. The summed E-state index contributed by atoms with van der Waals surface area (Å²) >= 11 is 0. The molecule has 1 aromatic carbocycles. The summed E-state index contributed by atoms with van der Waals surface area (Å²) in [5, 5.41) is 9.52. The summed E-state index contributed by atoms with van der Waals surface area (Å²) < 4.78 is 53.9. The minimum absolute atomic E-state index is 0.0763. The summed E-state index contributed by atoms with van der Waals surface area (Å²) in [5.41, 5.74) is -0.203. The van der Waals surface area contributed by atoms with Gasteiger partial charge in [0, 0.05) is 18.6 Å². The van der Waals surface area contributed by atoms with Crippen LogP contribution in [0.5, 0.6) is 0 Å². The Balaban J connectivity index is 2.47. The molecule has 0 aliphatic carbocycles. The van der Waals surface area contributed by atoms with E-state index in [1.165, 1.54) is 12.1 Å². The molecule has 96 valence electrons. The SMILES string of the molecule is OC(CCOCC(F)F)c1cccc(F)c1F. The Hall–Kier alpha value is -1.14. The van der Waals surface area contributed by atoms with Crippen molar-refractivity contribution in [2.75, 3.05) is 13.2 Å². The molecule has 1 rings (SSSR count). The van der Waals surface area contributed by atoms with Crippen molar-refractivity contribution < 1.29 is 27.4 Å². The summed E-state index contributed by atoms with van der Waals surface area (Å²) in [7, 11) is 0. The zero-order chi connectivity index (χ0) is 12.8. The van der Waals surface area contributed by atoms with E-state index in [1.54, 1.807) is 0 Å². The number of aliphatic hydroxyl groups excluding tert-OH is 1. The molecule has 0 amide bonds. The zero-order valence-electron chi connectivity index (χ0n) is 8.88. The van der Waals surface area contributed by atoms with Crippen LogP contribution in [0.1, 0.15) is 18.1 Å². The maximum Gasteiger partial charge on any atom is 0.261 e. The normalized spacial score (nSPS) is 13.1. The molecule has 0 radical (unpaired) electrons. The van der Waals surface area contributed by atoms with Crippen LogP contribution in [-0.2, 0) is 4.74 Å². The van der Waals surface area contributed by atoms with Gasteiger partial charge in [-0.3, -0.25) is 0 Å². The van der Waals surface area contributed by atoms with Gasteiger partial charge >= 0.3 is 0 Å². The Morgan fingerprint density at radius 1 is 1.24 bits per heavy atom. The quantitative estimate of drug-likeness (QED) is 0.623. The Morgan fingerprint density at radius 3 is 2.59 bits per heavy atom. The predicted molar refractivity (Wildman–Crippen MR) is 52.8 cm³/mol. The number of rotatable bonds is 6. The third-order valence-corrected chi connectivity index (χ3v) is 2.12. The number of hydrogen-bond acceptors (Lipinski definition) is 2. The Morgan fingerprint density at radius 2 is 1.94 bits per heavy atom. The molecular weight excluding hydrogens is 240 g/mol. The molecule has 0 spiro atoms. The van der Waals surface area contributed by atoms with Crippen molar-refractivity contribution in [3.8, 4) is 0 Å². The van der Waals surface area contributed by atoms with Crippen LogP contribution in [0.2, 0.25) is 0 Å². The van der Waals surface area contributed by atoms with Gasteiger partial charge < -0.3 is 9.84 Å². The zero-order valence-corrected chi connectivity index (χ0v) is 8.88. The summed E-state index contributed by atoms with van der Waals surface area (Å²) in [6.45, 7) is -0.889. The molecule has 0 heterocycles. The number of benzene rings is 1. The number of hydrogen-bond donors (Lipinski definition) is 1. The third kappa shape index (κ3) is 4.32. The minimum atomic E-state index is -2.59. The highest BCUT2D eigenvalue weighted by Crippen LogP contribution is 2.21. The first-order valence-electron chi connectivity index (χ1n) is 5.00. The second-order valence-corrected chi connectivity index (χ2v) is 3.41. The first-order chi connectivity index (χ1) is 8.02. The molecule has 0 saturated carbocycles. The monoisotopic (exact) mass is 252 g/mol. The van der Waals surface area contributed by atoms with Gasteiger partial charge in [0.1, 0.15) is 6.61 Å². The average molecular weight is 252 g/mol. The maximum atomic E-state index is 13.2. The maximum absolute atomic E-state index is 13.2. The van der Waals surface area contributed by atoms with Gasteiger partial charge in [0.2, 0.25) is 0 Å². The van der Waals surface area contributed by atoms with Crippen LogP contribution in [0.3, 0.4) is 0 Å². The lowest BCUT2D eigenvalue weighted by molar-refractivity contribution is 0.00442. The summed E-state index contributed by atoms with van der Waals surface area (Å²) in [6.07, 6.45) is -3.94. The molecule has 1 N–H and O–H groups in total. The van der Waals surface area contributed by atoms with Crippen molar-refractivity contribution in [1.82, 2.24) is 0 Å². The van der Waals surface area contributed by atoms with E-state index in [0.717, 1.165) is 6.07 Å². The van der Waals surface area contributed by atoms with Crippen molar-refractivity contribution in [2.24, 2.45) is 0 Å². The van der Waals surface area contributed by atoms with Gasteiger partial charge in [0.15, 0.2) is 11.6 Å². The van der Waals surface area contributed by atoms with E-state index in [9.17, 15) is 22.7 Å². The molecule has 1 aromatic rings. The van der Waals surface area contributed by atoms with E-state index in [0.29, 0.717) is 0 Å². The van der Waals surface area contributed by atoms with Gasteiger partial charge in [0.05, 0.1) is 6.10 Å². The van der Waals surface area contributed by atoms with Crippen LogP contribution in [-0.4, -0.2) is 24.7 Å². The molecule has 1 unspecified atom stereocenters. The van der Waals surface area contributed by atoms with Crippen LogP contribution >= 0.6 is 0 Å². The van der Waals surface area contributed by atoms with Gasteiger partial charge in [-0.1, -0.05) is 12.1 Å². The van der Waals surface area contributed by atoms with E-state index in [4.69, 9.17) is 0 Å². The van der Waals surface area contributed by atoms with Crippen molar-refractivity contribution in [1.29, 1.82) is 0 Å². The van der Waals surface area contributed by atoms with Crippen molar-refractivity contribution in [2.45, 2.75) is 19.0 Å². The molecule has 0 aromatic heterocycles. The van der Waals surface area contributed by atoms with Gasteiger partial charge in [0.25, 0.3) is 6.43 Å². The molecule has 0 fully saturated rings. The average Bonchev–Trinajstić information content (AvgIpc) is 2.27. The molecule has 0 saturated heterocycles. The van der Waals surface area contributed by atoms with Crippen LogP contribution in [0.15, 0.2) is 18.2 Å². The topological polar surface area (TPSA) is 29.5 Å². The highest BCUT2D eigenvalue weighted by Gasteiger charge is 2.15. The number of ether oxygens (including phenoxy) is 1. The van der Waals surface area contributed by atoms with Crippen LogP contribution in [0.25, 0.3) is 0 Å². The summed E-state index contributed by atoms with van der Waals surface area (Å²) in [6, 6.07) is 3.42. The van der Waals surface area contributed by atoms with Gasteiger partial charge in [-0.15, -0.1) is 0 Å². The van der Waals surface area contributed by atoms with Crippen LogP contribution in [0.4, 0.5) is 17.6 Å². The summed E-state index contributed by atoms with van der Waals surface area (Å²) in [4.78, 5) is 0. The smallest absolute Gasteiger partial charge is 0.261 e. The van der Waals surface area contributed by atoms with Gasteiger partial charge in [-0.05, 0) is 6.07 Å². The number of alkyl halides is 2. The lowest BCUT2D eigenvalue weighted by atomic mass is 10.1. The lowest BCUT2D eigenvalue weighted by Gasteiger charge is -2.12. The fourth-order valence-electron chi connectivity index (χ4n) is 1.30. The molecule has 0 aliphatic rings. The Bertz CT molecular complexity index is 357. The van der Waals surface area contributed by atoms with Crippen LogP contribution in [0, 0.1) is 11.6 Å². The Labute approximate surface area is 95.8 Å². The van der Waals surface area contributed by atoms with E-state index < -0.39 is 30.8 Å². The number of aliphatic hydroxyl groups is 1. The van der Waals surface area contributed by atoms with E-state index in [1.807, 2.05) is 0 Å². The Kier molecular flexibility index (Phi) is 5.37. The van der Waals surface area contributed by atoms with Crippen molar-refractivity contribution >= 4 is 0 Å². The second kappa shape index (κ2) is 6.56. The molecule has 2 nitrogen and oxygen atoms in total. The molecule has 0 aliphatic heterocycles. The largest absolute Gasteiger partial charge is 0.388 e. The fourth-order valence-corrected chi connectivity index (χ4v) is 1.30. The molecule has 1 atom stereocenters. The van der Waals surface area contributed by atoms with E-state index >= 15 is 0 Å². The number of halogens is 4. The predicted octanol–water partition coefficient (Wildman–Crippen LogP) is 2.67. The minimum Gasteiger partial charge on any atom is -0.388 e. The van der Waals surface area contributed by atoms with Crippen molar-refractivity contribution in [3.63, 3.8) is 0 Å². The molecule has 17 heavy (non-hydrogen) atoms.